The van der Waals surface area contributed by atoms with Crippen molar-refractivity contribution in [1.29, 1.82) is 0 Å². The maximum atomic E-state index is 13.9. The monoisotopic (exact) mass is 262 g/mol. The second kappa shape index (κ2) is 4.38. The number of halogens is 2. The maximum Gasteiger partial charge on any atom is 0.160 e. The Kier molecular flexibility index (Phi) is 2.70. The van der Waals surface area contributed by atoms with E-state index in [9.17, 15) is 8.78 Å². The molecule has 0 saturated carbocycles. The standard InChI is InChI=1S/C13H12F2N4/c1-2-18-6-5-16-11-8-17-19(13(11)18)12-4-3-9(14)7-10(12)15/h3-8,16H,2H2,1H3. The highest BCUT2D eigenvalue weighted by Crippen LogP contribution is 2.32. The van der Waals surface area contributed by atoms with Crippen molar-refractivity contribution in [3.8, 4) is 5.69 Å². The van der Waals surface area contributed by atoms with E-state index in [2.05, 4.69) is 10.4 Å². The summed E-state index contributed by atoms with van der Waals surface area (Å²) in [5, 5.41) is 7.21. The number of aromatic nitrogens is 2. The summed E-state index contributed by atoms with van der Waals surface area (Å²) in [6.45, 7) is 2.71. The van der Waals surface area contributed by atoms with Crippen molar-refractivity contribution >= 4 is 11.5 Å². The highest BCUT2D eigenvalue weighted by atomic mass is 19.1. The largest absolute Gasteiger partial charge is 0.356 e. The van der Waals surface area contributed by atoms with Gasteiger partial charge in [0.15, 0.2) is 11.6 Å². The van der Waals surface area contributed by atoms with Gasteiger partial charge in [0.2, 0.25) is 0 Å². The zero-order valence-electron chi connectivity index (χ0n) is 10.3. The van der Waals surface area contributed by atoms with Crippen molar-refractivity contribution in [3.05, 3.63) is 48.4 Å². The second-order valence-corrected chi connectivity index (χ2v) is 4.14. The van der Waals surface area contributed by atoms with E-state index in [1.165, 1.54) is 16.8 Å². The maximum absolute atomic E-state index is 13.9. The molecule has 2 heterocycles. The Morgan fingerprint density at radius 2 is 2.16 bits per heavy atom. The summed E-state index contributed by atoms with van der Waals surface area (Å²) in [7, 11) is 0. The van der Waals surface area contributed by atoms with Crippen molar-refractivity contribution in [2.45, 2.75) is 6.92 Å². The van der Waals surface area contributed by atoms with Crippen molar-refractivity contribution in [3.63, 3.8) is 0 Å². The molecule has 0 amide bonds. The lowest BCUT2D eigenvalue weighted by Crippen LogP contribution is -2.22. The molecule has 4 nitrogen and oxygen atoms in total. The highest BCUT2D eigenvalue weighted by Gasteiger charge is 2.20. The van der Waals surface area contributed by atoms with E-state index in [0.717, 1.165) is 24.1 Å². The first kappa shape index (κ1) is 11.7. The van der Waals surface area contributed by atoms with Crippen LogP contribution in [0.25, 0.3) is 5.69 Å². The van der Waals surface area contributed by atoms with Gasteiger partial charge in [0, 0.05) is 25.0 Å². The average molecular weight is 262 g/mol. The normalized spacial score (nSPS) is 13.3. The Morgan fingerprint density at radius 1 is 1.32 bits per heavy atom. The van der Waals surface area contributed by atoms with Gasteiger partial charge in [0.1, 0.15) is 17.2 Å². The molecule has 19 heavy (non-hydrogen) atoms. The summed E-state index contributed by atoms with van der Waals surface area (Å²) < 4.78 is 28.3. The third-order valence-electron chi connectivity index (χ3n) is 2.99. The smallest absolute Gasteiger partial charge is 0.160 e. The van der Waals surface area contributed by atoms with Crippen LogP contribution in [-0.4, -0.2) is 16.3 Å². The predicted molar refractivity (Wildman–Crippen MR) is 69.3 cm³/mol. The molecule has 0 fully saturated rings. The van der Waals surface area contributed by atoms with Crippen LogP contribution in [-0.2, 0) is 0 Å². The molecule has 98 valence electrons. The molecule has 2 aromatic rings. The van der Waals surface area contributed by atoms with Gasteiger partial charge >= 0.3 is 0 Å². The lowest BCUT2D eigenvalue weighted by molar-refractivity contribution is 0.573. The van der Waals surface area contributed by atoms with Crippen molar-refractivity contribution in [1.82, 2.24) is 9.78 Å². The molecule has 1 aromatic heterocycles. The van der Waals surface area contributed by atoms with E-state index in [0.29, 0.717) is 0 Å². The fourth-order valence-electron chi connectivity index (χ4n) is 2.09. The van der Waals surface area contributed by atoms with Gasteiger partial charge in [-0.05, 0) is 19.1 Å². The highest BCUT2D eigenvalue weighted by molar-refractivity contribution is 5.72. The fourth-order valence-corrected chi connectivity index (χ4v) is 2.09. The van der Waals surface area contributed by atoms with Gasteiger partial charge in [-0.2, -0.15) is 5.10 Å². The quantitative estimate of drug-likeness (QED) is 0.903. The third-order valence-corrected chi connectivity index (χ3v) is 2.99. The minimum absolute atomic E-state index is 0.221. The summed E-state index contributed by atoms with van der Waals surface area (Å²) in [4.78, 5) is 1.93. The molecular weight excluding hydrogens is 250 g/mol. The van der Waals surface area contributed by atoms with Crippen LogP contribution in [0.15, 0.2) is 36.8 Å². The fraction of sp³-hybridized carbons (Fsp3) is 0.154. The molecular formula is C13H12F2N4. The zero-order valence-corrected chi connectivity index (χ0v) is 10.3. The number of hydrogen-bond donors (Lipinski definition) is 1. The molecule has 0 radical (unpaired) electrons. The number of nitrogens with one attached hydrogen (secondary N) is 1. The van der Waals surface area contributed by atoms with Gasteiger partial charge in [0.25, 0.3) is 0 Å². The Morgan fingerprint density at radius 3 is 2.89 bits per heavy atom. The van der Waals surface area contributed by atoms with Gasteiger partial charge in [-0.1, -0.05) is 0 Å². The molecule has 0 atom stereocenters. The SMILES string of the molecule is CCN1C=CNc2cnn(-c3ccc(F)cc3F)c21. The average Bonchev–Trinajstić information content (AvgIpc) is 2.82. The topological polar surface area (TPSA) is 33.1 Å². The summed E-state index contributed by atoms with van der Waals surface area (Å²) in [6.07, 6.45) is 5.26. The number of benzene rings is 1. The molecule has 0 spiro atoms. The molecule has 0 aliphatic carbocycles. The van der Waals surface area contributed by atoms with Gasteiger partial charge < -0.3 is 10.2 Å². The lowest BCUT2D eigenvalue weighted by Gasteiger charge is -2.24. The van der Waals surface area contributed by atoms with Crippen LogP contribution >= 0.6 is 0 Å². The Balaban J connectivity index is 2.15. The minimum atomic E-state index is -0.642. The number of nitrogens with zero attached hydrogens (tertiary/aromatic N) is 3. The van der Waals surface area contributed by atoms with E-state index in [4.69, 9.17) is 0 Å². The van der Waals surface area contributed by atoms with Gasteiger partial charge in [-0.15, -0.1) is 0 Å². The number of rotatable bonds is 2. The summed E-state index contributed by atoms with van der Waals surface area (Å²) in [6, 6.07) is 3.45. The van der Waals surface area contributed by atoms with Crippen LogP contribution in [0.5, 0.6) is 0 Å². The van der Waals surface area contributed by atoms with E-state index in [1.54, 1.807) is 12.4 Å². The number of anilines is 2. The third kappa shape index (κ3) is 1.85. The van der Waals surface area contributed by atoms with Crippen LogP contribution in [0, 0.1) is 11.6 Å². The van der Waals surface area contributed by atoms with Crippen molar-refractivity contribution in [2.75, 3.05) is 16.8 Å². The Bertz CT molecular complexity index is 648. The zero-order chi connectivity index (χ0) is 13.4. The Labute approximate surface area is 109 Å². The molecule has 6 heteroatoms. The second-order valence-electron chi connectivity index (χ2n) is 4.14. The molecule has 0 saturated heterocycles. The van der Waals surface area contributed by atoms with Crippen LogP contribution in [0.2, 0.25) is 0 Å². The number of hydrogen-bond acceptors (Lipinski definition) is 3. The first-order valence-electron chi connectivity index (χ1n) is 5.94. The molecule has 3 rings (SSSR count). The van der Waals surface area contributed by atoms with Gasteiger partial charge in [-0.3, -0.25) is 0 Å². The Hall–Kier alpha value is -2.37. The van der Waals surface area contributed by atoms with Crippen LogP contribution < -0.4 is 10.2 Å². The summed E-state index contributed by atoms with van der Waals surface area (Å²) in [5.74, 6) is -0.514. The first-order valence-corrected chi connectivity index (χ1v) is 5.94. The van der Waals surface area contributed by atoms with Crippen molar-refractivity contribution in [2.24, 2.45) is 0 Å². The van der Waals surface area contributed by atoms with Gasteiger partial charge in [-0.25, -0.2) is 13.5 Å². The van der Waals surface area contributed by atoms with Crippen LogP contribution in [0.4, 0.5) is 20.3 Å². The molecule has 1 aromatic carbocycles. The van der Waals surface area contributed by atoms with Crippen LogP contribution in [0.3, 0.4) is 0 Å². The first-order chi connectivity index (χ1) is 9.20. The van der Waals surface area contributed by atoms with Gasteiger partial charge in [0.05, 0.1) is 6.20 Å². The predicted octanol–water partition coefficient (Wildman–Crippen LogP) is 2.87. The lowest BCUT2D eigenvalue weighted by atomic mass is 10.3. The van der Waals surface area contributed by atoms with E-state index >= 15 is 0 Å². The molecule has 0 bridgehead atoms. The minimum Gasteiger partial charge on any atom is -0.356 e. The molecule has 1 aliphatic rings. The van der Waals surface area contributed by atoms with E-state index < -0.39 is 11.6 Å². The molecule has 0 unspecified atom stereocenters. The molecule has 1 aliphatic heterocycles. The molecule has 1 N–H and O–H groups in total. The van der Waals surface area contributed by atoms with Crippen LogP contribution in [0.1, 0.15) is 6.92 Å². The number of fused-ring (bicyclic) bond motifs is 1. The summed E-state index contributed by atoms with van der Waals surface area (Å²) in [5.41, 5.74) is 1.01. The van der Waals surface area contributed by atoms with E-state index in [1.807, 2.05) is 18.0 Å². The van der Waals surface area contributed by atoms with E-state index in [-0.39, 0.29) is 5.69 Å². The van der Waals surface area contributed by atoms with Crippen molar-refractivity contribution < 1.29 is 8.78 Å². The summed E-state index contributed by atoms with van der Waals surface area (Å²) >= 11 is 0.